The third-order valence-corrected chi connectivity index (χ3v) is 3.86. The lowest BCUT2D eigenvalue weighted by Crippen LogP contribution is -2.43. The lowest BCUT2D eigenvalue weighted by Gasteiger charge is -2.24. The Morgan fingerprint density at radius 3 is 3.05 bits per heavy atom. The molecule has 2 N–H and O–H groups in total. The van der Waals surface area contributed by atoms with E-state index in [0.29, 0.717) is 6.04 Å². The van der Waals surface area contributed by atoms with Crippen molar-refractivity contribution in [3.8, 4) is 0 Å². The van der Waals surface area contributed by atoms with Crippen LogP contribution in [0.5, 0.6) is 0 Å². The van der Waals surface area contributed by atoms with Crippen LogP contribution in [0.15, 0.2) is 18.7 Å². The Morgan fingerprint density at radius 1 is 1.53 bits per heavy atom. The molecule has 0 saturated heterocycles. The minimum Gasteiger partial charge on any atom is -0.351 e. The Balaban J connectivity index is 1.89. The summed E-state index contributed by atoms with van der Waals surface area (Å²) in [5.41, 5.74) is 0. The largest absolute Gasteiger partial charge is 0.351 e. The lowest BCUT2D eigenvalue weighted by atomic mass is 10.1. The Labute approximate surface area is 114 Å². The quantitative estimate of drug-likeness (QED) is 0.815. The maximum atomic E-state index is 12.1. The second kappa shape index (κ2) is 6.70. The first-order chi connectivity index (χ1) is 9.22. The van der Waals surface area contributed by atoms with Crippen LogP contribution in [-0.4, -0.2) is 34.6 Å². The number of nitrogens with one attached hydrogen (secondary N) is 2. The molecule has 0 aliphatic heterocycles. The molecule has 2 rings (SSSR count). The lowest BCUT2D eigenvalue weighted by molar-refractivity contribution is -0.125. The van der Waals surface area contributed by atoms with Crippen molar-refractivity contribution in [3.63, 3.8) is 0 Å². The molecule has 1 aliphatic carbocycles. The zero-order valence-electron chi connectivity index (χ0n) is 11.8. The predicted octanol–water partition coefficient (Wildman–Crippen LogP) is 1.34. The smallest absolute Gasteiger partial charge is 0.224 e. The average Bonchev–Trinajstić information content (AvgIpc) is 3.05. The van der Waals surface area contributed by atoms with Gasteiger partial charge in [0.1, 0.15) is 0 Å². The van der Waals surface area contributed by atoms with Gasteiger partial charge in [-0.15, -0.1) is 0 Å². The van der Waals surface area contributed by atoms with Gasteiger partial charge < -0.3 is 15.2 Å². The van der Waals surface area contributed by atoms with Crippen molar-refractivity contribution < 1.29 is 4.79 Å². The van der Waals surface area contributed by atoms with Crippen LogP contribution in [0.2, 0.25) is 0 Å². The Hall–Kier alpha value is -1.36. The minimum absolute atomic E-state index is 0.0176. The zero-order valence-corrected chi connectivity index (χ0v) is 11.8. The molecule has 0 spiro atoms. The minimum atomic E-state index is 0.0176. The van der Waals surface area contributed by atoms with Crippen LogP contribution >= 0.6 is 0 Å². The van der Waals surface area contributed by atoms with Gasteiger partial charge in [-0.2, -0.15) is 0 Å². The van der Waals surface area contributed by atoms with Gasteiger partial charge >= 0.3 is 0 Å². The van der Waals surface area contributed by atoms with Crippen LogP contribution in [0, 0.1) is 5.92 Å². The van der Waals surface area contributed by atoms with Crippen LogP contribution in [-0.2, 0) is 4.79 Å². The van der Waals surface area contributed by atoms with Crippen LogP contribution in [0.3, 0.4) is 0 Å². The summed E-state index contributed by atoms with van der Waals surface area (Å²) in [6, 6.07) is 0.601. The molecule has 3 unspecified atom stereocenters. The highest BCUT2D eigenvalue weighted by Gasteiger charge is 2.30. The molecule has 0 bridgehead atoms. The molecule has 5 nitrogen and oxygen atoms in total. The van der Waals surface area contributed by atoms with Crippen molar-refractivity contribution in [2.45, 2.75) is 45.2 Å². The van der Waals surface area contributed by atoms with E-state index >= 15 is 0 Å². The number of hydrogen-bond acceptors (Lipinski definition) is 3. The summed E-state index contributed by atoms with van der Waals surface area (Å²) < 4.78 is 2.12. The normalized spacial score (nSPS) is 24.3. The molecule has 19 heavy (non-hydrogen) atoms. The summed E-state index contributed by atoms with van der Waals surface area (Å²) in [6.45, 7) is 5.67. The van der Waals surface area contributed by atoms with Crippen LogP contribution in [0.1, 0.15) is 39.2 Å². The van der Waals surface area contributed by atoms with Crippen molar-refractivity contribution in [1.82, 2.24) is 20.2 Å². The number of nitrogens with zero attached hydrogens (tertiary/aromatic N) is 2. The van der Waals surface area contributed by atoms with Crippen LogP contribution in [0.4, 0.5) is 0 Å². The van der Waals surface area contributed by atoms with Gasteiger partial charge in [0.15, 0.2) is 0 Å². The monoisotopic (exact) mass is 264 g/mol. The highest BCUT2D eigenvalue weighted by Crippen LogP contribution is 2.30. The molecule has 0 radical (unpaired) electrons. The van der Waals surface area contributed by atoms with Gasteiger partial charge in [-0.05, 0) is 25.8 Å². The third-order valence-electron chi connectivity index (χ3n) is 3.86. The van der Waals surface area contributed by atoms with E-state index in [9.17, 15) is 4.79 Å². The summed E-state index contributed by atoms with van der Waals surface area (Å²) in [5, 5.41) is 6.41. The summed E-state index contributed by atoms with van der Waals surface area (Å²) >= 11 is 0. The van der Waals surface area contributed by atoms with E-state index in [2.05, 4.69) is 27.1 Å². The molecule has 1 aromatic heterocycles. The standard InChI is InChI=1S/C14H24N4O/c1-3-15-9-11(2)14(19)17-12-5-4-6-13(12)18-8-7-16-10-18/h7-8,10-13,15H,3-6,9H2,1-2H3,(H,17,19). The first kappa shape index (κ1) is 14.1. The van der Waals surface area contributed by atoms with Gasteiger partial charge in [-0.1, -0.05) is 13.8 Å². The number of carbonyl (C=O) groups excluding carboxylic acids is 1. The first-order valence-electron chi connectivity index (χ1n) is 7.21. The zero-order chi connectivity index (χ0) is 13.7. The average molecular weight is 264 g/mol. The van der Waals surface area contributed by atoms with Crippen molar-refractivity contribution in [2.24, 2.45) is 5.92 Å². The number of hydrogen-bond donors (Lipinski definition) is 2. The number of rotatable bonds is 6. The number of amides is 1. The van der Waals surface area contributed by atoms with Gasteiger partial charge in [0, 0.05) is 30.9 Å². The summed E-state index contributed by atoms with van der Waals surface area (Å²) in [5.74, 6) is 0.168. The molecular weight excluding hydrogens is 240 g/mol. The topological polar surface area (TPSA) is 59.0 Å². The molecule has 1 aromatic rings. The highest BCUT2D eigenvalue weighted by atomic mass is 16.2. The summed E-state index contributed by atoms with van der Waals surface area (Å²) in [4.78, 5) is 16.2. The predicted molar refractivity (Wildman–Crippen MR) is 74.8 cm³/mol. The molecule has 1 aliphatic rings. The van der Waals surface area contributed by atoms with Crippen molar-refractivity contribution in [3.05, 3.63) is 18.7 Å². The number of imidazole rings is 1. The fourth-order valence-corrected chi connectivity index (χ4v) is 2.71. The molecule has 1 saturated carbocycles. The summed E-state index contributed by atoms with van der Waals surface area (Å²) in [6.07, 6.45) is 8.96. The highest BCUT2D eigenvalue weighted by molar-refractivity contribution is 5.78. The molecule has 3 atom stereocenters. The molecule has 1 amide bonds. The number of aromatic nitrogens is 2. The van der Waals surface area contributed by atoms with E-state index in [1.807, 2.05) is 19.4 Å². The maximum Gasteiger partial charge on any atom is 0.224 e. The van der Waals surface area contributed by atoms with Crippen LogP contribution in [0.25, 0.3) is 0 Å². The van der Waals surface area contributed by atoms with E-state index in [1.165, 1.54) is 0 Å². The Kier molecular flexibility index (Phi) is 4.96. The maximum absolute atomic E-state index is 12.1. The van der Waals surface area contributed by atoms with Gasteiger partial charge in [0.25, 0.3) is 0 Å². The third kappa shape index (κ3) is 3.56. The van der Waals surface area contributed by atoms with Gasteiger partial charge in [-0.3, -0.25) is 4.79 Å². The van der Waals surface area contributed by atoms with Gasteiger partial charge in [-0.25, -0.2) is 4.98 Å². The molecule has 5 heteroatoms. The van der Waals surface area contributed by atoms with Crippen LogP contribution < -0.4 is 10.6 Å². The molecule has 1 fully saturated rings. The first-order valence-corrected chi connectivity index (χ1v) is 7.21. The van der Waals surface area contributed by atoms with E-state index in [4.69, 9.17) is 0 Å². The van der Waals surface area contributed by atoms with Crippen molar-refractivity contribution in [2.75, 3.05) is 13.1 Å². The Morgan fingerprint density at radius 2 is 2.37 bits per heavy atom. The molecule has 0 aromatic carbocycles. The molecule has 1 heterocycles. The van der Waals surface area contributed by atoms with E-state index in [1.54, 1.807) is 6.20 Å². The fraction of sp³-hybridized carbons (Fsp3) is 0.714. The second-order valence-electron chi connectivity index (χ2n) is 5.33. The van der Waals surface area contributed by atoms with Gasteiger partial charge in [0.05, 0.1) is 12.4 Å². The van der Waals surface area contributed by atoms with Crippen molar-refractivity contribution >= 4 is 5.91 Å². The summed E-state index contributed by atoms with van der Waals surface area (Å²) in [7, 11) is 0. The Bertz CT molecular complexity index is 390. The van der Waals surface area contributed by atoms with E-state index in [0.717, 1.165) is 32.4 Å². The molecular formula is C14H24N4O. The van der Waals surface area contributed by atoms with Gasteiger partial charge in [0.2, 0.25) is 5.91 Å². The molecule has 106 valence electrons. The van der Waals surface area contributed by atoms with E-state index < -0.39 is 0 Å². The fourth-order valence-electron chi connectivity index (χ4n) is 2.71. The van der Waals surface area contributed by atoms with Crippen molar-refractivity contribution in [1.29, 1.82) is 0 Å². The second-order valence-corrected chi connectivity index (χ2v) is 5.33. The number of carbonyl (C=O) groups is 1. The SMILES string of the molecule is CCNCC(C)C(=O)NC1CCCC1n1ccnc1. The van der Waals surface area contributed by atoms with E-state index in [-0.39, 0.29) is 17.9 Å².